The topological polar surface area (TPSA) is 56.1 Å². The molecule has 27 heavy (non-hydrogen) atoms. The SMILES string of the molecule is Cc1cc(F)cc(NC(=O)C2CCC3(CC2)CN(CC2(C#N)CCC2)C3)c1. The van der Waals surface area contributed by atoms with E-state index in [4.69, 9.17) is 0 Å². The molecule has 0 bridgehead atoms. The molecule has 1 aliphatic heterocycles. The van der Waals surface area contributed by atoms with Crippen LogP contribution in [0, 0.1) is 40.8 Å². The van der Waals surface area contributed by atoms with Gasteiger partial charge in [-0.15, -0.1) is 0 Å². The van der Waals surface area contributed by atoms with E-state index < -0.39 is 0 Å². The smallest absolute Gasteiger partial charge is 0.227 e. The van der Waals surface area contributed by atoms with Gasteiger partial charge in [-0.25, -0.2) is 4.39 Å². The molecule has 1 spiro atoms. The number of carbonyl (C=O) groups excluding carboxylic acids is 1. The van der Waals surface area contributed by atoms with Crippen LogP contribution in [0.4, 0.5) is 10.1 Å². The lowest BCUT2D eigenvalue weighted by Gasteiger charge is -2.56. The summed E-state index contributed by atoms with van der Waals surface area (Å²) in [6, 6.07) is 7.18. The van der Waals surface area contributed by atoms with Crippen molar-refractivity contribution in [2.45, 2.75) is 51.9 Å². The first-order chi connectivity index (χ1) is 12.9. The van der Waals surface area contributed by atoms with E-state index in [-0.39, 0.29) is 23.1 Å². The zero-order valence-electron chi connectivity index (χ0n) is 16.1. The van der Waals surface area contributed by atoms with Crippen molar-refractivity contribution in [2.24, 2.45) is 16.7 Å². The number of anilines is 1. The first kappa shape index (κ1) is 18.4. The summed E-state index contributed by atoms with van der Waals surface area (Å²) in [5.41, 5.74) is 1.63. The molecule has 1 saturated heterocycles. The zero-order chi connectivity index (χ0) is 19.1. The largest absolute Gasteiger partial charge is 0.326 e. The Kier molecular flexibility index (Phi) is 4.71. The normalized spacial score (nSPS) is 23.9. The first-order valence-electron chi connectivity index (χ1n) is 10.1. The summed E-state index contributed by atoms with van der Waals surface area (Å²) in [4.78, 5) is 15.0. The second kappa shape index (κ2) is 6.91. The number of hydrogen-bond donors (Lipinski definition) is 1. The molecule has 144 valence electrons. The monoisotopic (exact) mass is 369 g/mol. The lowest BCUT2D eigenvalue weighted by atomic mass is 9.63. The third kappa shape index (κ3) is 3.73. The van der Waals surface area contributed by atoms with Crippen LogP contribution in [-0.4, -0.2) is 30.4 Å². The Hall–Kier alpha value is -1.93. The molecule has 3 aliphatic rings. The number of carbonyl (C=O) groups is 1. The van der Waals surface area contributed by atoms with Crippen molar-refractivity contribution >= 4 is 11.6 Å². The fourth-order valence-electron chi connectivity index (χ4n) is 5.21. The maximum atomic E-state index is 13.5. The number of nitriles is 1. The van der Waals surface area contributed by atoms with E-state index in [0.717, 1.165) is 63.7 Å². The Morgan fingerprint density at radius 3 is 2.52 bits per heavy atom. The lowest BCUT2D eigenvalue weighted by molar-refractivity contribution is -0.123. The van der Waals surface area contributed by atoms with Crippen molar-refractivity contribution in [1.29, 1.82) is 5.26 Å². The predicted molar refractivity (Wildman–Crippen MR) is 102 cm³/mol. The molecule has 4 rings (SSSR count). The molecule has 1 heterocycles. The van der Waals surface area contributed by atoms with Gasteiger partial charge in [0.25, 0.3) is 0 Å². The summed E-state index contributed by atoms with van der Waals surface area (Å²) in [6.45, 7) is 4.90. The number of aryl methyl sites for hydroxylation is 1. The summed E-state index contributed by atoms with van der Waals surface area (Å²) in [6.07, 6.45) is 7.24. The van der Waals surface area contributed by atoms with Gasteiger partial charge >= 0.3 is 0 Å². The zero-order valence-corrected chi connectivity index (χ0v) is 16.1. The average molecular weight is 369 g/mol. The average Bonchev–Trinajstić information content (AvgIpc) is 2.56. The maximum Gasteiger partial charge on any atom is 0.227 e. The second-order valence-corrected chi connectivity index (χ2v) is 9.17. The number of amides is 1. The fourth-order valence-corrected chi connectivity index (χ4v) is 5.21. The van der Waals surface area contributed by atoms with Gasteiger partial charge in [-0.2, -0.15) is 5.26 Å². The third-order valence-corrected chi connectivity index (χ3v) is 6.92. The van der Waals surface area contributed by atoms with Crippen LogP contribution < -0.4 is 5.32 Å². The summed E-state index contributed by atoms with van der Waals surface area (Å²) >= 11 is 0. The van der Waals surface area contributed by atoms with Gasteiger partial charge in [0.1, 0.15) is 5.82 Å². The Balaban J connectivity index is 1.26. The van der Waals surface area contributed by atoms with Gasteiger partial charge in [0, 0.05) is 31.2 Å². The van der Waals surface area contributed by atoms with Crippen molar-refractivity contribution in [2.75, 3.05) is 25.0 Å². The summed E-state index contributed by atoms with van der Waals surface area (Å²) < 4.78 is 13.5. The number of halogens is 1. The van der Waals surface area contributed by atoms with Crippen LogP contribution >= 0.6 is 0 Å². The van der Waals surface area contributed by atoms with Crippen molar-refractivity contribution in [1.82, 2.24) is 4.90 Å². The minimum absolute atomic E-state index is 0.0175. The van der Waals surface area contributed by atoms with E-state index in [2.05, 4.69) is 16.3 Å². The van der Waals surface area contributed by atoms with E-state index >= 15 is 0 Å². The minimum atomic E-state index is -0.316. The Morgan fingerprint density at radius 1 is 1.26 bits per heavy atom. The highest BCUT2D eigenvalue weighted by molar-refractivity contribution is 5.92. The van der Waals surface area contributed by atoms with E-state index in [1.54, 1.807) is 6.07 Å². The molecule has 1 amide bonds. The Morgan fingerprint density at radius 2 is 1.96 bits per heavy atom. The number of rotatable bonds is 4. The van der Waals surface area contributed by atoms with Crippen LogP contribution in [0.2, 0.25) is 0 Å². The molecule has 0 unspecified atom stereocenters. The standard InChI is InChI=1S/C22H28FN3O/c1-16-9-18(23)11-19(10-16)25-20(27)17-3-7-22(8-4-17)14-26(15-22)13-21(12-24)5-2-6-21/h9-11,17H,2-8,13-15H2,1H3,(H,25,27). The molecular formula is C22H28FN3O. The highest BCUT2D eigenvalue weighted by Crippen LogP contribution is 2.49. The van der Waals surface area contributed by atoms with Gasteiger partial charge in [-0.3, -0.25) is 4.79 Å². The number of benzene rings is 1. The van der Waals surface area contributed by atoms with Gasteiger partial charge in [0.2, 0.25) is 5.91 Å². The number of nitrogens with zero attached hydrogens (tertiary/aromatic N) is 2. The highest BCUT2D eigenvalue weighted by atomic mass is 19.1. The maximum absolute atomic E-state index is 13.5. The van der Waals surface area contributed by atoms with Crippen LogP contribution in [0.3, 0.4) is 0 Å². The summed E-state index contributed by atoms with van der Waals surface area (Å²) in [5, 5.41) is 12.3. The van der Waals surface area contributed by atoms with Crippen molar-refractivity contribution in [3.63, 3.8) is 0 Å². The number of likely N-dealkylation sites (tertiary alicyclic amines) is 1. The molecule has 2 aliphatic carbocycles. The van der Waals surface area contributed by atoms with E-state index in [1.165, 1.54) is 18.6 Å². The Labute approximate surface area is 160 Å². The van der Waals surface area contributed by atoms with Crippen molar-refractivity contribution in [3.8, 4) is 6.07 Å². The third-order valence-electron chi connectivity index (χ3n) is 6.92. The van der Waals surface area contributed by atoms with Gasteiger partial charge in [0.05, 0.1) is 11.5 Å². The highest BCUT2D eigenvalue weighted by Gasteiger charge is 2.49. The summed E-state index contributed by atoms with van der Waals surface area (Å²) in [7, 11) is 0. The lowest BCUT2D eigenvalue weighted by Crippen LogP contribution is -2.60. The molecule has 4 nitrogen and oxygen atoms in total. The van der Waals surface area contributed by atoms with Crippen LogP contribution in [0.5, 0.6) is 0 Å². The summed E-state index contributed by atoms with van der Waals surface area (Å²) in [5.74, 6) is -0.279. The Bertz CT molecular complexity index is 744. The van der Waals surface area contributed by atoms with Crippen LogP contribution in [0.25, 0.3) is 0 Å². The first-order valence-corrected chi connectivity index (χ1v) is 10.1. The molecular weight excluding hydrogens is 341 g/mol. The number of hydrogen-bond acceptors (Lipinski definition) is 3. The van der Waals surface area contributed by atoms with E-state index in [0.29, 0.717) is 11.1 Å². The second-order valence-electron chi connectivity index (χ2n) is 9.17. The quantitative estimate of drug-likeness (QED) is 0.863. The molecule has 1 aromatic carbocycles. The van der Waals surface area contributed by atoms with Gasteiger partial charge < -0.3 is 10.2 Å². The molecule has 0 atom stereocenters. The molecule has 0 radical (unpaired) electrons. The van der Waals surface area contributed by atoms with Crippen molar-refractivity contribution < 1.29 is 9.18 Å². The van der Waals surface area contributed by atoms with Gasteiger partial charge in [-0.1, -0.05) is 6.42 Å². The molecule has 1 N–H and O–H groups in total. The van der Waals surface area contributed by atoms with E-state index in [9.17, 15) is 14.4 Å². The van der Waals surface area contributed by atoms with Crippen molar-refractivity contribution in [3.05, 3.63) is 29.6 Å². The number of nitrogens with one attached hydrogen (secondary N) is 1. The van der Waals surface area contributed by atoms with Crippen LogP contribution in [-0.2, 0) is 4.79 Å². The fraction of sp³-hybridized carbons (Fsp3) is 0.636. The van der Waals surface area contributed by atoms with Crippen LogP contribution in [0.15, 0.2) is 18.2 Å². The van der Waals surface area contributed by atoms with Crippen LogP contribution in [0.1, 0.15) is 50.5 Å². The molecule has 0 aromatic heterocycles. The van der Waals surface area contributed by atoms with Gasteiger partial charge in [0.15, 0.2) is 0 Å². The molecule has 3 fully saturated rings. The minimum Gasteiger partial charge on any atom is -0.326 e. The molecule has 2 saturated carbocycles. The van der Waals surface area contributed by atoms with E-state index in [1.807, 2.05) is 6.92 Å². The molecule has 5 heteroatoms. The van der Waals surface area contributed by atoms with Gasteiger partial charge in [-0.05, 0) is 74.6 Å². The molecule has 1 aromatic rings. The predicted octanol–water partition coefficient (Wildman–Crippen LogP) is 4.26.